The molecule has 0 bridgehead atoms. The van der Waals surface area contributed by atoms with Gasteiger partial charge in [-0.1, -0.05) is 22.9 Å². The van der Waals surface area contributed by atoms with E-state index in [0.717, 1.165) is 17.0 Å². The topological polar surface area (TPSA) is 62.2 Å². The minimum Gasteiger partial charge on any atom is -0.477 e. The quantitative estimate of drug-likeness (QED) is 0.894. The molecule has 1 heterocycles. The zero-order chi connectivity index (χ0) is 12.4. The molecule has 0 unspecified atom stereocenters. The minimum atomic E-state index is -0.954. The molecule has 0 aliphatic rings. The maximum absolute atomic E-state index is 10.9. The third-order valence-electron chi connectivity index (χ3n) is 2.09. The average molecular weight is 269 g/mol. The Labute approximate surface area is 107 Å². The highest BCUT2D eigenvalue weighted by atomic mass is 35.5. The second-order valence-electron chi connectivity index (χ2n) is 3.37. The van der Waals surface area contributed by atoms with Crippen LogP contribution in [-0.4, -0.2) is 16.1 Å². The third kappa shape index (κ3) is 2.75. The van der Waals surface area contributed by atoms with Crippen LogP contribution in [0.4, 0.5) is 10.8 Å². The highest BCUT2D eigenvalue weighted by Gasteiger charge is 2.13. The van der Waals surface area contributed by atoms with Gasteiger partial charge >= 0.3 is 5.97 Å². The summed E-state index contributed by atoms with van der Waals surface area (Å²) in [6.07, 6.45) is 0. The Morgan fingerprint density at radius 3 is 2.59 bits per heavy atom. The van der Waals surface area contributed by atoms with Crippen molar-refractivity contribution in [1.82, 2.24) is 4.98 Å². The van der Waals surface area contributed by atoms with Gasteiger partial charge in [0.1, 0.15) is 4.88 Å². The van der Waals surface area contributed by atoms with Crippen molar-refractivity contribution >= 4 is 39.7 Å². The van der Waals surface area contributed by atoms with E-state index in [0.29, 0.717) is 15.8 Å². The molecule has 88 valence electrons. The molecule has 6 heteroatoms. The van der Waals surface area contributed by atoms with Crippen LogP contribution in [0.25, 0.3) is 0 Å². The van der Waals surface area contributed by atoms with Crippen LogP contribution in [0.5, 0.6) is 0 Å². The maximum Gasteiger partial charge on any atom is 0.347 e. The summed E-state index contributed by atoms with van der Waals surface area (Å²) < 4.78 is 0. The predicted octanol–water partition coefficient (Wildman–Crippen LogP) is 3.55. The summed E-state index contributed by atoms with van der Waals surface area (Å²) in [6.45, 7) is 1.67. The smallest absolute Gasteiger partial charge is 0.347 e. The van der Waals surface area contributed by atoms with Crippen LogP contribution in [0, 0.1) is 6.92 Å². The molecule has 0 aliphatic carbocycles. The van der Waals surface area contributed by atoms with Gasteiger partial charge in [0.15, 0.2) is 5.13 Å². The number of rotatable bonds is 3. The van der Waals surface area contributed by atoms with E-state index in [1.807, 2.05) is 0 Å². The number of aromatic carboxylic acids is 1. The van der Waals surface area contributed by atoms with Crippen molar-refractivity contribution in [2.45, 2.75) is 6.92 Å². The first kappa shape index (κ1) is 11.9. The molecule has 2 N–H and O–H groups in total. The Balaban J connectivity index is 2.22. The lowest BCUT2D eigenvalue weighted by molar-refractivity contribution is 0.0701. The van der Waals surface area contributed by atoms with Crippen molar-refractivity contribution in [3.05, 3.63) is 39.9 Å². The highest BCUT2D eigenvalue weighted by molar-refractivity contribution is 7.17. The summed E-state index contributed by atoms with van der Waals surface area (Å²) in [5.74, 6) is -0.954. The highest BCUT2D eigenvalue weighted by Crippen LogP contribution is 2.26. The van der Waals surface area contributed by atoms with Crippen LogP contribution in [-0.2, 0) is 0 Å². The van der Waals surface area contributed by atoms with Crippen molar-refractivity contribution in [1.29, 1.82) is 0 Å². The average Bonchev–Trinajstić information content (AvgIpc) is 2.63. The number of benzene rings is 1. The van der Waals surface area contributed by atoms with E-state index in [1.165, 1.54) is 0 Å². The first-order chi connectivity index (χ1) is 8.06. The first-order valence-electron chi connectivity index (χ1n) is 4.79. The van der Waals surface area contributed by atoms with Gasteiger partial charge in [-0.05, 0) is 31.2 Å². The van der Waals surface area contributed by atoms with Gasteiger partial charge < -0.3 is 10.4 Å². The third-order valence-corrected chi connectivity index (χ3v) is 3.40. The summed E-state index contributed by atoms with van der Waals surface area (Å²) in [7, 11) is 0. The van der Waals surface area contributed by atoms with Gasteiger partial charge in [0.25, 0.3) is 0 Å². The van der Waals surface area contributed by atoms with E-state index < -0.39 is 5.97 Å². The number of carboxylic acids is 1. The normalized spacial score (nSPS) is 10.2. The molecular weight excluding hydrogens is 260 g/mol. The lowest BCUT2D eigenvalue weighted by atomic mass is 10.3. The molecule has 0 saturated carbocycles. The number of aryl methyl sites for hydroxylation is 1. The predicted molar refractivity (Wildman–Crippen MR) is 68.5 cm³/mol. The largest absolute Gasteiger partial charge is 0.477 e. The number of thiazole rings is 1. The number of carboxylic acid groups (broad SMARTS) is 1. The van der Waals surface area contributed by atoms with Crippen molar-refractivity contribution in [3.8, 4) is 0 Å². The molecule has 0 saturated heterocycles. The first-order valence-corrected chi connectivity index (χ1v) is 5.99. The summed E-state index contributed by atoms with van der Waals surface area (Å²) in [4.78, 5) is 15.3. The Bertz CT molecular complexity index is 551. The van der Waals surface area contributed by atoms with E-state index >= 15 is 0 Å². The Morgan fingerprint density at radius 2 is 2.06 bits per heavy atom. The van der Waals surface area contributed by atoms with Gasteiger partial charge in [-0.25, -0.2) is 9.78 Å². The molecule has 2 aromatic rings. The number of nitrogens with zero attached hydrogens (tertiary/aromatic N) is 1. The molecule has 0 radical (unpaired) electrons. The van der Waals surface area contributed by atoms with Gasteiger partial charge in [0.05, 0.1) is 5.69 Å². The number of nitrogens with one attached hydrogen (secondary N) is 1. The monoisotopic (exact) mass is 268 g/mol. The SMILES string of the molecule is Cc1nc(Nc2ccc(Cl)cc2)sc1C(=O)O. The lowest BCUT2D eigenvalue weighted by Crippen LogP contribution is -1.94. The van der Waals surface area contributed by atoms with E-state index in [1.54, 1.807) is 31.2 Å². The number of carbonyl (C=O) groups is 1. The van der Waals surface area contributed by atoms with E-state index in [4.69, 9.17) is 16.7 Å². The Hall–Kier alpha value is -1.59. The van der Waals surface area contributed by atoms with Crippen LogP contribution in [0.1, 0.15) is 15.4 Å². The Morgan fingerprint density at radius 1 is 1.41 bits per heavy atom. The zero-order valence-electron chi connectivity index (χ0n) is 8.90. The molecular formula is C11H9ClN2O2S. The molecule has 0 fully saturated rings. The maximum atomic E-state index is 10.9. The summed E-state index contributed by atoms with van der Waals surface area (Å²) in [6, 6.07) is 7.12. The van der Waals surface area contributed by atoms with Crippen molar-refractivity contribution in [2.24, 2.45) is 0 Å². The van der Waals surface area contributed by atoms with Gasteiger partial charge in [-0.2, -0.15) is 0 Å². The molecule has 1 aromatic carbocycles. The molecule has 0 aliphatic heterocycles. The van der Waals surface area contributed by atoms with Crippen LogP contribution < -0.4 is 5.32 Å². The summed E-state index contributed by atoms with van der Waals surface area (Å²) in [5, 5.41) is 13.1. The number of hydrogen-bond donors (Lipinski definition) is 2. The molecule has 4 nitrogen and oxygen atoms in total. The van der Waals surface area contributed by atoms with Crippen LogP contribution in [0.15, 0.2) is 24.3 Å². The number of anilines is 2. The second-order valence-corrected chi connectivity index (χ2v) is 4.81. The minimum absolute atomic E-state index is 0.251. The molecule has 0 atom stereocenters. The van der Waals surface area contributed by atoms with E-state index in [-0.39, 0.29) is 4.88 Å². The summed E-state index contributed by atoms with van der Waals surface area (Å²) in [5.41, 5.74) is 1.33. The zero-order valence-corrected chi connectivity index (χ0v) is 10.5. The number of halogens is 1. The second kappa shape index (κ2) is 4.73. The standard InChI is InChI=1S/C11H9ClN2O2S/c1-6-9(10(15)16)17-11(13-6)14-8-4-2-7(12)3-5-8/h2-5H,1H3,(H,13,14)(H,15,16). The molecule has 0 spiro atoms. The fourth-order valence-corrected chi connectivity index (χ4v) is 2.26. The van der Waals surface area contributed by atoms with Crippen molar-refractivity contribution < 1.29 is 9.90 Å². The number of hydrogen-bond acceptors (Lipinski definition) is 4. The van der Waals surface area contributed by atoms with E-state index in [9.17, 15) is 4.79 Å². The number of aromatic nitrogens is 1. The van der Waals surface area contributed by atoms with Crippen LogP contribution in [0.2, 0.25) is 5.02 Å². The van der Waals surface area contributed by atoms with Crippen LogP contribution in [0.3, 0.4) is 0 Å². The van der Waals surface area contributed by atoms with Crippen molar-refractivity contribution in [3.63, 3.8) is 0 Å². The van der Waals surface area contributed by atoms with E-state index in [2.05, 4.69) is 10.3 Å². The lowest BCUT2D eigenvalue weighted by Gasteiger charge is -2.01. The molecule has 17 heavy (non-hydrogen) atoms. The van der Waals surface area contributed by atoms with Gasteiger partial charge in [0, 0.05) is 10.7 Å². The fraction of sp³-hybridized carbons (Fsp3) is 0.0909. The van der Waals surface area contributed by atoms with Gasteiger partial charge in [-0.3, -0.25) is 0 Å². The van der Waals surface area contributed by atoms with Gasteiger partial charge in [0.2, 0.25) is 0 Å². The van der Waals surface area contributed by atoms with Gasteiger partial charge in [-0.15, -0.1) is 0 Å². The summed E-state index contributed by atoms with van der Waals surface area (Å²) >= 11 is 6.88. The molecule has 1 aromatic heterocycles. The Kier molecular flexibility index (Phi) is 3.31. The molecule has 2 rings (SSSR count). The molecule has 0 amide bonds. The van der Waals surface area contributed by atoms with Crippen LogP contribution >= 0.6 is 22.9 Å². The fourth-order valence-electron chi connectivity index (χ4n) is 1.31. The van der Waals surface area contributed by atoms with Crippen molar-refractivity contribution in [2.75, 3.05) is 5.32 Å².